The first-order chi connectivity index (χ1) is 5.59. The normalized spacial score (nSPS) is 10.7. The van der Waals surface area contributed by atoms with Crippen molar-refractivity contribution in [1.29, 1.82) is 0 Å². The molecule has 66 valence electrons. The molecule has 1 aromatic heterocycles. The highest BCUT2D eigenvalue weighted by atomic mass is 32.1. The van der Waals surface area contributed by atoms with Crippen LogP contribution in [0.25, 0.3) is 0 Å². The van der Waals surface area contributed by atoms with Gasteiger partial charge in [-0.05, 0) is 12.8 Å². The fourth-order valence-electron chi connectivity index (χ4n) is 0.940. The van der Waals surface area contributed by atoms with Crippen LogP contribution in [0.3, 0.4) is 0 Å². The zero-order valence-corrected chi connectivity index (χ0v) is 8.44. The molecule has 0 aromatic carbocycles. The molecule has 12 heavy (non-hydrogen) atoms. The fraction of sp³-hybridized carbons (Fsp3) is 0.556. The summed E-state index contributed by atoms with van der Waals surface area (Å²) in [6.07, 6.45) is 0.604. The van der Waals surface area contributed by atoms with Gasteiger partial charge in [-0.1, -0.05) is 13.8 Å². The molecule has 3 heteroatoms. The molecule has 0 aliphatic heterocycles. The van der Waals surface area contributed by atoms with Crippen molar-refractivity contribution in [1.82, 2.24) is 4.98 Å². The van der Waals surface area contributed by atoms with Crippen LogP contribution in [0.5, 0.6) is 0 Å². The average molecular weight is 183 g/mol. The minimum absolute atomic E-state index is 0.170. The first-order valence-electron chi connectivity index (χ1n) is 4.05. The van der Waals surface area contributed by atoms with E-state index in [9.17, 15) is 4.79 Å². The van der Waals surface area contributed by atoms with Crippen molar-refractivity contribution in [3.8, 4) is 0 Å². The van der Waals surface area contributed by atoms with Crippen LogP contribution in [-0.4, -0.2) is 10.8 Å². The summed E-state index contributed by atoms with van der Waals surface area (Å²) in [5.74, 6) is 0.588. The molecule has 0 fully saturated rings. The summed E-state index contributed by atoms with van der Waals surface area (Å²) in [5.41, 5.74) is 0.937. The van der Waals surface area contributed by atoms with Gasteiger partial charge in [0.1, 0.15) is 0 Å². The van der Waals surface area contributed by atoms with E-state index in [1.807, 2.05) is 26.2 Å². The van der Waals surface area contributed by atoms with Crippen LogP contribution in [0.15, 0.2) is 5.38 Å². The molecular weight excluding hydrogens is 170 g/mol. The smallest absolute Gasteiger partial charge is 0.191 e. The van der Waals surface area contributed by atoms with Crippen molar-refractivity contribution in [3.05, 3.63) is 16.1 Å². The van der Waals surface area contributed by atoms with Crippen LogP contribution >= 0.6 is 11.3 Å². The minimum Gasteiger partial charge on any atom is -0.292 e. The van der Waals surface area contributed by atoms with Gasteiger partial charge in [-0.3, -0.25) is 4.79 Å². The van der Waals surface area contributed by atoms with Gasteiger partial charge in [0, 0.05) is 17.5 Å². The van der Waals surface area contributed by atoms with Crippen molar-refractivity contribution >= 4 is 17.1 Å². The van der Waals surface area contributed by atoms with Gasteiger partial charge >= 0.3 is 0 Å². The molecule has 0 aliphatic carbocycles. The predicted octanol–water partition coefficient (Wildman–Crippen LogP) is 2.68. The Labute approximate surface area is 76.6 Å². The van der Waals surface area contributed by atoms with Crippen LogP contribution in [0.2, 0.25) is 0 Å². The Hall–Kier alpha value is -0.700. The van der Waals surface area contributed by atoms with Crippen molar-refractivity contribution in [3.63, 3.8) is 0 Å². The van der Waals surface area contributed by atoms with E-state index in [2.05, 4.69) is 4.98 Å². The number of hydrogen-bond donors (Lipinski definition) is 0. The van der Waals surface area contributed by atoms with Gasteiger partial charge in [-0.15, -0.1) is 11.3 Å². The number of carbonyl (C=O) groups is 1. The summed E-state index contributed by atoms with van der Waals surface area (Å²) in [7, 11) is 0. The van der Waals surface area contributed by atoms with E-state index in [1.54, 1.807) is 0 Å². The van der Waals surface area contributed by atoms with Crippen LogP contribution in [0.4, 0.5) is 0 Å². The van der Waals surface area contributed by atoms with Crippen LogP contribution in [0.1, 0.15) is 35.8 Å². The average Bonchev–Trinajstić information content (AvgIpc) is 2.34. The van der Waals surface area contributed by atoms with Gasteiger partial charge in [-0.2, -0.15) is 0 Å². The minimum atomic E-state index is 0.170. The van der Waals surface area contributed by atoms with Gasteiger partial charge in [0.2, 0.25) is 0 Å². The highest BCUT2D eigenvalue weighted by molar-refractivity contribution is 7.11. The maximum atomic E-state index is 11.4. The largest absolute Gasteiger partial charge is 0.292 e. The van der Waals surface area contributed by atoms with E-state index >= 15 is 0 Å². The third-order valence-corrected chi connectivity index (χ3v) is 2.45. The van der Waals surface area contributed by atoms with E-state index < -0.39 is 0 Å². The zero-order chi connectivity index (χ0) is 9.14. The first kappa shape index (κ1) is 9.39. The molecule has 1 heterocycles. The standard InChI is InChI=1S/C9H13NOS/c1-6(2)4-8(11)9-10-7(3)5-12-9/h5-6H,4H2,1-3H3. The molecule has 0 atom stereocenters. The van der Waals surface area contributed by atoms with E-state index in [-0.39, 0.29) is 5.78 Å². The number of nitrogens with zero attached hydrogens (tertiary/aromatic N) is 1. The molecule has 0 unspecified atom stereocenters. The van der Waals surface area contributed by atoms with E-state index in [0.29, 0.717) is 17.3 Å². The lowest BCUT2D eigenvalue weighted by atomic mass is 10.1. The van der Waals surface area contributed by atoms with Gasteiger partial charge in [0.05, 0.1) is 0 Å². The Balaban J connectivity index is 2.65. The Morgan fingerprint density at radius 3 is 2.75 bits per heavy atom. The summed E-state index contributed by atoms with van der Waals surface area (Å²) in [5, 5.41) is 2.56. The van der Waals surface area contributed by atoms with Gasteiger partial charge < -0.3 is 0 Å². The SMILES string of the molecule is Cc1csc(C(=O)CC(C)C)n1. The predicted molar refractivity (Wildman–Crippen MR) is 50.6 cm³/mol. The molecule has 0 saturated carbocycles. The third kappa shape index (κ3) is 2.41. The Bertz CT molecular complexity index is 278. The van der Waals surface area contributed by atoms with Gasteiger partial charge in [-0.25, -0.2) is 4.98 Å². The maximum absolute atomic E-state index is 11.4. The highest BCUT2D eigenvalue weighted by Gasteiger charge is 2.10. The van der Waals surface area contributed by atoms with Gasteiger partial charge in [0.15, 0.2) is 10.8 Å². The van der Waals surface area contributed by atoms with Crippen LogP contribution < -0.4 is 0 Å². The molecule has 0 saturated heterocycles. The summed E-state index contributed by atoms with van der Waals surface area (Å²) in [4.78, 5) is 15.5. The Morgan fingerprint density at radius 2 is 2.33 bits per heavy atom. The quantitative estimate of drug-likeness (QED) is 0.674. The number of ketones is 1. The number of carbonyl (C=O) groups excluding carboxylic acids is 1. The van der Waals surface area contributed by atoms with Crippen molar-refractivity contribution in [2.45, 2.75) is 27.2 Å². The second-order valence-corrected chi connectivity index (χ2v) is 4.17. The lowest BCUT2D eigenvalue weighted by Crippen LogP contribution is -2.02. The second kappa shape index (κ2) is 3.81. The molecule has 0 N–H and O–H groups in total. The van der Waals surface area contributed by atoms with Gasteiger partial charge in [0.25, 0.3) is 0 Å². The Morgan fingerprint density at radius 1 is 1.67 bits per heavy atom. The maximum Gasteiger partial charge on any atom is 0.191 e. The molecule has 0 amide bonds. The molecule has 0 spiro atoms. The molecule has 0 aliphatic rings. The number of rotatable bonds is 3. The lowest BCUT2D eigenvalue weighted by Gasteiger charge is -1.99. The lowest BCUT2D eigenvalue weighted by molar-refractivity contribution is 0.0967. The fourth-order valence-corrected chi connectivity index (χ4v) is 1.69. The summed E-state index contributed by atoms with van der Waals surface area (Å²) >= 11 is 1.44. The second-order valence-electron chi connectivity index (χ2n) is 3.32. The molecule has 2 nitrogen and oxygen atoms in total. The molecule has 0 bridgehead atoms. The van der Waals surface area contributed by atoms with Crippen molar-refractivity contribution < 1.29 is 4.79 Å². The van der Waals surface area contributed by atoms with Crippen LogP contribution in [-0.2, 0) is 0 Å². The van der Waals surface area contributed by atoms with E-state index in [1.165, 1.54) is 11.3 Å². The number of Topliss-reactive ketones (excluding diaryl/α,β-unsaturated/α-hetero) is 1. The third-order valence-electron chi connectivity index (χ3n) is 1.45. The topological polar surface area (TPSA) is 30.0 Å². The number of aromatic nitrogens is 1. The molecule has 1 rings (SSSR count). The van der Waals surface area contributed by atoms with Crippen LogP contribution in [0, 0.1) is 12.8 Å². The number of thiazole rings is 1. The number of aryl methyl sites for hydroxylation is 1. The highest BCUT2D eigenvalue weighted by Crippen LogP contribution is 2.13. The monoisotopic (exact) mass is 183 g/mol. The first-order valence-corrected chi connectivity index (χ1v) is 4.93. The summed E-state index contributed by atoms with van der Waals surface area (Å²) in [6, 6.07) is 0. The van der Waals surface area contributed by atoms with Crippen molar-refractivity contribution in [2.75, 3.05) is 0 Å². The molecule has 0 radical (unpaired) electrons. The van der Waals surface area contributed by atoms with Crippen molar-refractivity contribution in [2.24, 2.45) is 5.92 Å². The molecule has 1 aromatic rings. The van der Waals surface area contributed by atoms with E-state index in [0.717, 1.165) is 5.69 Å². The summed E-state index contributed by atoms with van der Waals surface area (Å²) < 4.78 is 0. The summed E-state index contributed by atoms with van der Waals surface area (Å²) in [6.45, 7) is 5.99. The zero-order valence-electron chi connectivity index (χ0n) is 7.63. The molecular formula is C9H13NOS. The number of hydrogen-bond acceptors (Lipinski definition) is 3. The van der Waals surface area contributed by atoms with E-state index in [4.69, 9.17) is 0 Å². The Kier molecular flexibility index (Phi) is 2.98.